The van der Waals surface area contributed by atoms with Crippen molar-refractivity contribution in [2.75, 3.05) is 39.0 Å². The molecule has 0 saturated carbocycles. The smallest absolute Gasteiger partial charge is 0.253 e. The van der Waals surface area contributed by atoms with Gasteiger partial charge in [0.25, 0.3) is 5.91 Å². The van der Waals surface area contributed by atoms with Gasteiger partial charge >= 0.3 is 0 Å². The molecule has 2 aliphatic rings. The molecule has 2 aromatic rings. The van der Waals surface area contributed by atoms with E-state index in [9.17, 15) is 21.6 Å². The fourth-order valence-corrected chi connectivity index (χ4v) is 7.83. The first-order valence-electron chi connectivity index (χ1n) is 11.5. The van der Waals surface area contributed by atoms with Crippen molar-refractivity contribution in [3.8, 4) is 0 Å². The third kappa shape index (κ3) is 5.05. The summed E-state index contributed by atoms with van der Waals surface area (Å²) in [7, 11) is -6.78. The number of hydrogen-bond acceptors (Lipinski definition) is 5. The Kier molecular flexibility index (Phi) is 7.14. The molecule has 0 spiro atoms. The lowest BCUT2D eigenvalue weighted by atomic mass is 10.0. The Labute approximate surface area is 202 Å². The largest absolute Gasteiger partial charge is 0.336 e. The van der Waals surface area contributed by atoms with Crippen LogP contribution >= 0.6 is 0 Å². The van der Waals surface area contributed by atoms with E-state index in [0.29, 0.717) is 31.6 Å². The number of hydrogen-bond donors (Lipinski definition) is 0. The van der Waals surface area contributed by atoms with Crippen LogP contribution in [0.3, 0.4) is 0 Å². The number of nitrogens with zero attached hydrogens (tertiary/aromatic N) is 3. The van der Waals surface area contributed by atoms with Gasteiger partial charge in [0.15, 0.2) is 0 Å². The maximum absolute atomic E-state index is 13.4. The zero-order valence-corrected chi connectivity index (χ0v) is 21.1. The van der Waals surface area contributed by atoms with Gasteiger partial charge in [-0.25, -0.2) is 16.8 Å². The van der Waals surface area contributed by atoms with E-state index in [2.05, 4.69) is 0 Å². The molecule has 34 heavy (non-hydrogen) atoms. The van der Waals surface area contributed by atoms with Crippen molar-refractivity contribution in [3.05, 3.63) is 71.3 Å². The first-order valence-corrected chi connectivity index (χ1v) is 14.8. The van der Waals surface area contributed by atoms with Crippen LogP contribution in [0.5, 0.6) is 0 Å². The van der Waals surface area contributed by atoms with Gasteiger partial charge in [-0.3, -0.25) is 4.79 Å². The summed E-state index contributed by atoms with van der Waals surface area (Å²) in [5.41, 5.74) is 2.15. The van der Waals surface area contributed by atoms with E-state index in [1.807, 2.05) is 49.4 Å². The Morgan fingerprint density at radius 1 is 0.941 bits per heavy atom. The maximum atomic E-state index is 13.4. The van der Waals surface area contributed by atoms with Crippen molar-refractivity contribution in [3.63, 3.8) is 0 Å². The van der Waals surface area contributed by atoms with E-state index in [1.54, 1.807) is 21.3 Å². The summed E-state index contributed by atoms with van der Waals surface area (Å²) in [4.78, 5) is 14.5. The molecule has 0 aromatic heterocycles. The molecular formula is C24H31N3O5S2. The summed E-state index contributed by atoms with van der Waals surface area (Å²) < 4.78 is 53.2. The predicted octanol–water partition coefficient (Wildman–Crippen LogP) is 2.63. The fourth-order valence-electron chi connectivity index (χ4n) is 4.77. The van der Waals surface area contributed by atoms with Gasteiger partial charge in [0.2, 0.25) is 20.0 Å². The minimum atomic E-state index is -3.52. The Morgan fingerprint density at radius 2 is 1.56 bits per heavy atom. The summed E-state index contributed by atoms with van der Waals surface area (Å²) in [6.45, 7) is 3.61. The molecule has 2 unspecified atom stereocenters. The van der Waals surface area contributed by atoms with E-state index in [1.165, 1.54) is 10.6 Å². The highest BCUT2D eigenvalue weighted by molar-refractivity contribution is 7.89. The molecule has 0 radical (unpaired) electrons. The van der Waals surface area contributed by atoms with Crippen molar-refractivity contribution in [1.29, 1.82) is 0 Å². The molecule has 0 bridgehead atoms. The van der Waals surface area contributed by atoms with E-state index in [4.69, 9.17) is 0 Å². The zero-order valence-electron chi connectivity index (χ0n) is 19.5. The molecule has 10 heteroatoms. The standard InChI is InChI=1S/C24H31N3O5S2/c1-19(27-14-6-9-23(34(27,31)32)21-7-4-3-5-8-21)20-10-12-22(13-11-20)24(28)25-15-17-26(18-16-25)33(2,29)30/h3-5,7-8,10-13,19,23H,6,9,14-18H2,1-2H3. The molecule has 0 N–H and O–H groups in total. The van der Waals surface area contributed by atoms with Crippen LogP contribution in [-0.2, 0) is 20.0 Å². The molecule has 4 rings (SSSR count). The number of sulfonamides is 2. The van der Waals surface area contributed by atoms with Gasteiger partial charge in [0.1, 0.15) is 5.25 Å². The van der Waals surface area contributed by atoms with Crippen molar-refractivity contribution in [2.45, 2.75) is 31.1 Å². The summed E-state index contributed by atoms with van der Waals surface area (Å²) >= 11 is 0. The molecular weight excluding hydrogens is 474 g/mol. The van der Waals surface area contributed by atoms with Crippen LogP contribution in [0.1, 0.15) is 52.5 Å². The zero-order chi connectivity index (χ0) is 24.5. The lowest BCUT2D eigenvalue weighted by molar-refractivity contribution is 0.0698. The number of rotatable bonds is 5. The average molecular weight is 506 g/mol. The SMILES string of the molecule is CC(c1ccc(C(=O)N2CCN(S(C)(=O)=O)CC2)cc1)N1CCCC(c2ccccc2)S1(=O)=O. The Hall–Kier alpha value is -2.27. The van der Waals surface area contributed by atoms with E-state index < -0.39 is 25.3 Å². The van der Waals surface area contributed by atoms with Gasteiger partial charge < -0.3 is 4.90 Å². The lowest BCUT2D eigenvalue weighted by Gasteiger charge is -2.36. The molecule has 8 nitrogen and oxygen atoms in total. The van der Waals surface area contributed by atoms with Crippen LogP contribution in [0.2, 0.25) is 0 Å². The summed E-state index contributed by atoms with van der Waals surface area (Å²) in [5, 5.41) is -0.545. The highest BCUT2D eigenvalue weighted by Crippen LogP contribution is 2.38. The highest BCUT2D eigenvalue weighted by atomic mass is 32.2. The Bertz CT molecular complexity index is 1220. The van der Waals surface area contributed by atoms with Crippen molar-refractivity contribution >= 4 is 26.0 Å². The fraction of sp³-hybridized carbons (Fsp3) is 0.458. The van der Waals surface area contributed by atoms with Gasteiger partial charge in [0, 0.05) is 44.3 Å². The van der Waals surface area contributed by atoms with Crippen LogP contribution in [-0.4, -0.2) is 75.2 Å². The van der Waals surface area contributed by atoms with Crippen molar-refractivity contribution < 1.29 is 21.6 Å². The topological polar surface area (TPSA) is 95.1 Å². The molecule has 2 fully saturated rings. The first kappa shape index (κ1) is 24.8. The van der Waals surface area contributed by atoms with Crippen molar-refractivity contribution in [2.24, 2.45) is 0 Å². The van der Waals surface area contributed by atoms with Crippen LogP contribution in [0.25, 0.3) is 0 Å². The van der Waals surface area contributed by atoms with Gasteiger partial charge in [-0.2, -0.15) is 8.61 Å². The Balaban J connectivity index is 1.46. The quantitative estimate of drug-likeness (QED) is 0.623. The summed E-state index contributed by atoms with van der Waals surface area (Å²) in [6.07, 6.45) is 2.57. The molecule has 2 aliphatic heterocycles. The van der Waals surface area contributed by atoms with Crippen molar-refractivity contribution in [1.82, 2.24) is 13.5 Å². The second-order valence-corrected chi connectivity index (χ2v) is 13.0. The van der Waals surface area contributed by atoms with Crippen LogP contribution < -0.4 is 0 Å². The van der Waals surface area contributed by atoms with Gasteiger partial charge in [-0.15, -0.1) is 0 Å². The molecule has 0 aliphatic carbocycles. The number of amides is 1. The normalized spacial score (nSPS) is 22.9. The second-order valence-electron chi connectivity index (χ2n) is 8.95. The van der Waals surface area contributed by atoms with E-state index in [-0.39, 0.29) is 25.0 Å². The van der Waals surface area contributed by atoms with Crippen LogP contribution in [0.15, 0.2) is 54.6 Å². The highest BCUT2D eigenvalue weighted by Gasteiger charge is 2.39. The molecule has 2 atom stereocenters. The van der Waals surface area contributed by atoms with Crippen LogP contribution in [0.4, 0.5) is 0 Å². The first-order chi connectivity index (χ1) is 16.1. The summed E-state index contributed by atoms with van der Waals surface area (Å²) in [6, 6.07) is 16.1. The van der Waals surface area contributed by atoms with Gasteiger partial charge in [0.05, 0.1) is 6.26 Å². The number of benzene rings is 2. The molecule has 2 heterocycles. The third-order valence-electron chi connectivity index (χ3n) is 6.77. The number of carbonyl (C=O) groups is 1. The summed E-state index contributed by atoms with van der Waals surface area (Å²) in [5.74, 6) is -0.151. The third-order valence-corrected chi connectivity index (χ3v) is 10.5. The Morgan fingerprint density at radius 3 is 2.15 bits per heavy atom. The predicted molar refractivity (Wildman–Crippen MR) is 131 cm³/mol. The lowest BCUT2D eigenvalue weighted by Crippen LogP contribution is -2.50. The minimum Gasteiger partial charge on any atom is -0.336 e. The number of piperazine rings is 1. The minimum absolute atomic E-state index is 0.151. The van der Waals surface area contributed by atoms with E-state index >= 15 is 0 Å². The van der Waals surface area contributed by atoms with Gasteiger partial charge in [-0.05, 0) is 43.0 Å². The molecule has 2 aromatic carbocycles. The molecule has 184 valence electrons. The molecule has 1 amide bonds. The van der Waals surface area contributed by atoms with E-state index in [0.717, 1.165) is 17.5 Å². The molecule has 2 saturated heterocycles. The van der Waals surface area contributed by atoms with Crippen LogP contribution in [0, 0.1) is 0 Å². The van der Waals surface area contributed by atoms with Gasteiger partial charge in [-0.1, -0.05) is 42.5 Å². The monoisotopic (exact) mass is 505 g/mol. The average Bonchev–Trinajstić information content (AvgIpc) is 2.83. The second kappa shape index (κ2) is 9.77. The number of carbonyl (C=O) groups excluding carboxylic acids is 1. The maximum Gasteiger partial charge on any atom is 0.253 e.